The second-order valence-corrected chi connectivity index (χ2v) is 5.33. The fraction of sp³-hybridized carbons (Fsp3) is 0.250. The van der Waals surface area contributed by atoms with Gasteiger partial charge in [0.2, 0.25) is 0 Å². The summed E-state index contributed by atoms with van der Waals surface area (Å²) in [4.78, 5) is 0. The summed E-state index contributed by atoms with van der Waals surface area (Å²) in [6.07, 6.45) is 2.72. The average Bonchev–Trinajstić information content (AvgIpc) is 3.10. The topological polar surface area (TPSA) is 26.0 Å². The first-order valence-electron chi connectivity index (χ1n) is 6.40. The summed E-state index contributed by atoms with van der Waals surface area (Å²) >= 11 is 0. The fourth-order valence-electron chi connectivity index (χ4n) is 2.31. The van der Waals surface area contributed by atoms with E-state index >= 15 is 0 Å². The second-order valence-electron chi connectivity index (χ2n) is 5.33. The molecule has 0 atom stereocenters. The van der Waals surface area contributed by atoms with Gasteiger partial charge in [-0.05, 0) is 43.0 Å². The maximum absolute atomic E-state index is 13.9. The van der Waals surface area contributed by atoms with E-state index < -0.39 is 11.6 Å². The van der Waals surface area contributed by atoms with Crippen molar-refractivity contribution in [3.05, 3.63) is 59.7 Å². The van der Waals surface area contributed by atoms with Gasteiger partial charge in [-0.2, -0.15) is 0 Å². The SMILES string of the molecule is NC1(Cc2ccc(F)c(-c3ccccc3F)c2)CC1. The largest absolute Gasteiger partial charge is 0.325 e. The maximum Gasteiger partial charge on any atom is 0.131 e. The van der Waals surface area contributed by atoms with Crippen LogP contribution in [0, 0.1) is 11.6 Å². The zero-order valence-corrected chi connectivity index (χ0v) is 10.5. The molecule has 2 aromatic carbocycles. The third-order valence-electron chi connectivity index (χ3n) is 3.64. The molecule has 19 heavy (non-hydrogen) atoms. The summed E-state index contributed by atoms with van der Waals surface area (Å²) < 4.78 is 27.6. The third kappa shape index (κ3) is 2.51. The molecule has 1 saturated carbocycles. The van der Waals surface area contributed by atoms with Crippen molar-refractivity contribution in [3.63, 3.8) is 0 Å². The molecule has 3 heteroatoms. The Balaban J connectivity index is 2.00. The van der Waals surface area contributed by atoms with E-state index in [1.165, 1.54) is 12.1 Å². The Hall–Kier alpha value is -1.74. The summed E-state index contributed by atoms with van der Waals surface area (Å²) in [5.41, 5.74) is 7.49. The standard InChI is InChI=1S/C16H15F2N/c17-14-4-2-1-3-12(14)13-9-11(5-6-15(13)18)10-16(19)7-8-16/h1-6,9H,7-8,10,19H2. The van der Waals surface area contributed by atoms with E-state index in [1.807, 2.05) is 0 Å². The lowest BCUT2D eigenvalue weighted by atomic mass is 9.98. The van der Waals surface area contributed by atoms with Crippen LogP contribution < -0.4 is 5.73 Å². The molecule has 98 valence electrons. The Labute approximate surface area is 111 Å². The summed E-state index contributed by atoms with van der Waals surface area (Å²) in [6.45, 7) is 0. The summed E-state index contributed by atoms with van der Waals surface area (Å²) in [5, 5.41) is 0. The van der Waals surface area contributed by atoms with Gasteiger partial charge in [-0.3, -0.25) is 0 Å². The molecule has 0 amide bonds. The Morgan fingerprint density at radius 1 is 0.947 bits per heavy atom. The average molecular weight is 259 g/mol. The van der Waals surface area contributed by atoms with Gasteiger partial charge in [0.1, 0.15) is 11.6 Å². The molecular formula is C16H15F2N. The van der Waals surface area contributed by atoms with Gasteiger partial charge in [0.25, 0.3) is 0 Å². The molecule has 0 radical (unpaired) electrons. The molecule has 0 spiro atoms. The highest BCUT2D eigenvalue weighted by atomic mass is 19.1. The van der Waals surface area contributed by atoms with Crippen molar-refractivity contribution < 1.29 is 8.78 Å². The zero-order valence-electron chi connectivity index (χ0n) is 10.5. The van der Waals surface area contributed by atoms with Crippen LogP contribution in [0.5, 0.6) is 0 Å². The molecule has 0 bridgehead atoms. The van der Waals surface area contributed by atoms with Crippen molar-refractivity contribution in [2.24, 2.45) is 5.73 Å². The predicted molar refractivity (Wildman–Crippen MR) is 71.7 cm³/mol. The Morgan fingerprint density at radius 2 is 1.63 bits per heavy atom. The molecule has 0 unspecified atom stereocenters. The van der Waals surface area contributed by atoms with E-state index in [2.05, 4.69) is 0 Å². The van der Waals surface area contributed by atoms with Gasteiger partial charge in [0, 0.05) is 16.7 Å². The molecule has 1 aliphatic rings. The van der Waals surface area contributed by atoms with Crippen LogP contribution in [0.2, 0.25) is 0 Å². The summed E-state index contributed by atoms with van der Waals surface area (Å²) in [7, 11) is 0. The monoisotopic (exact) mass is 259 g/mol. The highest BCUT2D eigenvalue weighted by Gasteiger charge is 2.38. The first kappa shape index (κ1) is 12.3. The van der Waals surface area contributed by atoms with Crippen LogP contribution in [0.4, 0.5) is 8.78 Å². The van der Waals surface area contributed by atoms with E-state index in [0.29, 0.717) is 17.5 Å². The van der Waals surface area contributed by atoms with Crippen molar-refractivity contribution in [2.75, 3.05) is 0 Å². The van der Waals surface area contributed by atoms with E-state index in [0.717, 1.165) is 18.4 Å². The predicted octanol–water partition coefficient (Wildman–Crippen LogP) is 3.67. The second kappa shape index (κ2) is 4.42. The van der Waals surface area contributed by atoms with Gasteiger partial charge in [-0.25, -0.2) is 8.78 Å². The number of rotatable bonds is 3. The van der Waals surface area contributed by atoms with E-state index in [1.54, 1.807) is 30.3 Å². The molecule has 3 rings (SSSR count). The number of halogens is 2. The number of hydrogen-bond acceptors (Lipinski definition) is 1. The molecule has 1 fully saturated rings. The van der Waals surface area contributed by atoms with E-state index in [4.69, 9.17) is 5.73 Å². The van der Waals surface area contributed by atoms with Crippen LogP contribution in [-0.2, 0) is 6.42 Å². The van der Waals surface area contributed by atoms with Gasteiger partial charge in [0.15, 0.2) is 0 Å². The smallest absolute Gasteiger partial charge is 0.131 e. The van der Waals surface area contributed by atoms with Crippen molar-refractivity contribution in [1.29, 1.82) is 0 Å². The highest BCUT2D eigenvalue weighted by Crippen LogP contribution is 2.36. The van der Waals surface area contributed by atoms with Crippen LogP contribution in [0.15, 0.2) is 42.5 Å². The van der Waals surface area contributed by atoms with Crippen LogP contribution >= 0.6 is 0 Å². The van der Waals surface area contributed by atoms with Crippen molar-refractivity contribution >= 4 is 0 Å². The van der Waals surface area contributed by atoms with Gasteiger partial charge in [-0.1, -0.05) is 24.3 Å². The fourth-order valence-corrected chi connectivity index (χ4v) is 2.31. The molecule has 1 nitrogen and oxygen atoms in total. The molecular weight excluding hydrogens is 244 g/mol. The number of benzene rings is 2. The molecule has 2 aromatic rings. The molecule has 2 N–H and O–H groups in total. The molecule has 1 aliphatic carbocycles. The number of hydrogen-bond donors (Lipinski definition) is 1. The van der Waals surface area contributed by atoms with Gasteiger partial charge >= 0.3 is 0 Å². The molecule has 0 aromatic heterocycles. The minimum absolute atomic E-state index is 0.135. The lowest BCUT2D eigenvalue weighted by Gasteiger charge is -2.11. The molecule has 0 saturated heterocycles. The van der Waals surface area contributed by atoms with Crippen LogP contribution in [0.1, 0.15) is 18.4 Å². The van der Waals surface area contributed by atoms with Crippen LogP contribution in [0.3, 0.4) is 0 Å². The van der Waals surface area contributed by atoms with Gasteiger partial charge in [0.05, 0.1) is 0 Å². The first-order valence-corrected chi connectivity index (χ1v) is 6.40. The maximum atomic E-state index is 13.9. The van der Waals surface area contributed by atoms with Gasteiger partial charge < -0.3 is 5.73 Å². The molecule has 0 heterocycles. The Morgan fingerprint density at radius 3 is 2.32 bits per heavy atom. The van der Waals surface area contributed by atoms with E-state index in [-0.39, 0.29) is 5.54 Å². The number of nitrogens with two attached hydrogens (primary N) is 1. The zero-order chi connectivity index (χ0) is 13.5. The minimum atomic E-state index is -0.410. The third-order valence-corrected chi connectivity index (χ3v) is 3.64. The minimum Gasteiger partial charge on any atom is -0.325 e. The Kier molecular flexibility index (Phi) is 2.86. The van der Waals surface area contributed by atoms with Crippen LogP contribution in [-0.4, -0.2) is 5.54 Å². The first-order chi connectivity index (χ1) is 9.07. The summed E-state index contributed by atoms with van der Waals surface area (Å²) in [5.74, 6) is -0.817. The highest BCUT2D eigenvalue weighted by molar-refractivity contribution is 5.65. The van der Waals surface area contributed by atoms with Crippen molar-refractivity contribution in [3.8, 4) is 11.1 Å². The van der Waals surface area contributed by atoms with E-state index in [9.17, 15) is 8.78 Å². The quantitative estimate of drug-likeness (QED) is 0.894. The lowest BCUT2D eigenvalue weighted by molar-refractivity contribution is 0.614. The van der Waals surface area contributed by atoms with Gasteiger partial charge in [-0.15, -0.1) is 0 Å². The lowest BCUT2D eigenvalue weighted by Crippen LogP contribution is -2.24. The Bertz CT molecular complexity index is 618. The normalized spacial score (nSPS) is 16.4. The van der Waals surface area contributed by atoms with Crippen molar-refractivity contribution in [2.45, 2.75) is 24.8 Å². The summed E-state index contributed by atoms with van der Waals surface area (Å²) in [6, 6.07) is 11.1. The molecule has 0 aliphatic heterocycles. The van der Waals surface area contributed by atoms with Crippen molar-refractivity contribution in [1.82, 2.24) is 0 Å². The van der Waals surface area contributed by atoms with Crippen LogP contribution in [0.25, 0.3) is 11.1 Å².